The third kappa shape index (κ3) is 7.78. The summed E-state index contributed by atoms with van der Waals surface area (Å²) in [5, 5.41) is 11.6. The van der Waals surface area contributed by atoms with Gasteiger partial charge in [0.25, 0.3) is 0 Å². The molecule has 1 aliphatic heterocycles. The lowest BCUT2D eigenvalue weighted by Crippen LogP contribution is -2.47. The van der Waals surface area contributed by atoms with Crippen molar-refractivity contribution in [1.82, 2.24) is 4.90 Å². The smallest absolute Gasteiger partial charge is 0.410 e. The molecule has 1 heterocycles. The van der Waals surface area contributed by atoms with Gasteiger partial charge in [0.05, 0.1) is 31.0 Å². The topological polar surface area (TPSA) is 106 Å². The zero-order chi connectivity index (χ0) is 32.3. The fourth-order valence-electron chi connectivity index (χ4n) is 5.87. The average Bonchev–Trinajstić information content (AvgIpc) is 3.43. The highest BCUT2D eigenvalue weighted by atomic mass is 35.5. The van der Waals surface area contributed by atoms with Crippen LogP contribution in [0.3, 0.4) is 0 Å². The number of ether oxygens (including phenoxy) is 3. The number of esters is 1. The summed E-state index contributed by atoms with van der Waals surface area (Å²) in [4.78, 5) is 41.7. The minimum atomic E-state index is -0.949. The lowest BCUT2D eigenvalue weighted by Gasteiger charge is -2.37. The van der Waals surface area contributed by atoms with Crippen LogP contribution in [-0.2, 0) is 27.1 Å². The van der Waals surface area contributed by atoms with Gasteiger partial charge in [-0.05, 0) is 106 Å². The number of halogens is 1. The number of aliphatic hydroxyl groups is 1. The van der Waals surface area contributed by atoms with E-state index in [2.05, 4.69) is 0 Å². The molecule has 10 heteroatoms. The van der Waals surface area contributed by atoms with Crippen molar-refractivity contribution in [3.8, 4) is 11.5 Å². The van der Waals surface area contributed by atoms with Gasteiger partial charge >= 0.3 is 12.1 Å². The van der Waals surface area contributed by atoms with Crippen LogP contribution in [0.1, 0.15) is 73.2 Å². The number of carbonyl (C=O) groups excluding carboxylic acids is 3. The molecule has 1 fully saturated rings. The molecule has 3 aromatic rings. The highest BCUT2D eigenvalue weighted by Gasteiger charge is 2.33. The molecule has 45 heavy (non-hydrogen) atoms. The standard InChI is InChI=1S/C35H39ClN2O7/c1-35(2,3)45-34(42)38(21-31(39)23-7-5-8-25(36)17-23)26-12-10-22-11-13-27(19-24(22)18-26)44-28-14-15-30(29(20-28)33(41)43-4)37-16-6-9-32(37)40/h5,7-8,11,13-15,17,19-20,26,31,39H,6,9-10,12,16,18,21H2,1-4H3/t26-,31+/m0/s1. The zero-order valence-corrected chi connectivity index (χ0v) is 26.8. The second-order valence-corrected chi connectivity index (χ2v) is 12.9. The van der Waals surface area contributed by atoms with Gasteiger partial charge in [0, 0.05) is 24.0 Å². The monoisotopic (exact) mass is 634 g/mol. The average molecular weight is 635 g/mol. The normalized spacial score (nSPS) is 17.0. The maximum Gasteiger partial charge on any atom is 0.410 e. The first-order valence-corrected chi connectivity index (χ1v) is 15.5. The summed E-state index contributed by atoms with van der Waals surface area (Å²) < 4.78 is 17.0. The highest BCUT2D eigenvalue weighted by Crippen LogP contribution is 2.34. The Balaban J connectivity index is 1.37. The molecule has 0 unspecified atom stereocenters. The molecule has 1 N–H and O–H groups in total. The zero-order valence-electron chi connectivity index (χ0n) is 26.0. The van der Waals surface area contributed by atoms with Crippen molar-refractivity contribution in [3.05, 3.63) is 87.9 Å². The predicted octanol–water partition coefficient (Wildman–Crippen LogP) is 6.87. The van der Waals surface area contributed by atoms with Crippen molar-refractivity contribution in [3.63, 3.8) is 0 Å². The third-order valence-electron chi connectivity index (χ3n) is 8.03. The van der Waals surface area contributed by atoms with E-state index >= 15 is 0 Å². The minimum Gasteiger partial charge on any atom is -0.465 e. The number of nitrogens with zero attached hydrogens (tertiary/aromatic N) is 2. The van der Waals surface area contributed by atoms with Crippen LogP contribution in [0, 0.1) is 0 Å². The van der Waals surface area contributed by atoms with Crippen molar-refractivity contribution < 1.29 is 33.7 Å². The third-order valence-corrected chi connectivity index (χ3v) is 8.26. The minimum absolute atomic E-state index is 0.0291. The maximum absolute atomic E-state index is 13.4. The van der Waals surface area contributed by atoms with Gasteiger partial charge in [-0.1, -0.05) is 29.8 Å². The van der Waals surface area contributed by atoms with E-state index in [4.69, 9.17) is 25.8 Å². The summed E-state index contributed by atoms with van der Waals surface area (Å²) in [6.45, 7) is 6.05. The van der Waals surface area contributed by atoms with Gasteiger partial charge in [0.1, 0.15) is 17.1 Å². The summed E-state index contributed by atoms with van der Waals surface area (Å²) in [5.74, 6) is 0.417. The number of anilines is 1. The number of aryl methyl sites for hydroxylation is 1. The van der Waals surface area contributed by atoms with Crippen LogP contribution in [0.5, 0.6) is 11.5 Å². The molecule has 0 saturated carbocycles. The predicted molar refractivity (Wildman–Crippen MR) is 171 cm³/mol. The number of benzene rings is 3. The van der Waals surface area contributed by atoms with Crippen molar-refractivity contribution in [2.45, 2.75) is 70.6 Å². The van der Waals surface area contributed by atoms with Crippen LogP contribution < -0.4 is 9.64 Å². The van der Waals surface area contributed by atoms with Gasteiger partial charge in [-0.3, -0.25) is 4.79 Å². The first-order valence-electron chi connectivity index (χ1n) is 15.2. The van der Waals surface area contributed by atoms with Gasteiger partial charge in [-0.2, -0.15) is 0 Å². The van der Waals surface area contributed by atoms with Crippen molar-refractivity contribution in [2.75, 3.05) is 25.1 Å². The largest absolute Gasteiger partial charge is 0.465 e. The summed E-state index contributed by atoms with van der Waals surface area (Å²) >= 11 is 6.16. The first kappa shape index (κ1) is 32.3. The van der Waals surface area contributed by atoms with Crippen LogP contribution in [0.4, 0.5) is 10.5 Å². The number of aliphatic hydroxyl groups excluding tert-OH is 1. The van der Waals surface area contributed by atoms with Gasteiger partial charge in [0.2, 0.25) is 5.91 Å². The van der Waals surface area contributed by atoms with Crippen LogP contribution in [-0.4, -0.2) is 59.8 Å². The fourth-order valence-corrected chi connectivity index (χ4v) is 6.07. The Morgan fingerprint density at radius 1 is 1.04 bits per heavy atom. The molecule has 2 atom stereocenters. The van der Waals surface area contributed by atoms with Crippen LogP contribution in [0.15, 0.2) is 60.7 Å². The number of fused-ring (bicyclic) bond motifs is 1. The van der Waals surface area contributed by atoms with Crippen molar-refractivity contribution >= 4 is 35.3 Å². The van der Waals surface area contributed by atoms with Gasteiger partial charge in [-0.25, -0.2) is 9.59 Å². The lowest BCUT2D eigenvalue weighted by molar-refractivity contribution is -0.117. The summed E-state index contributed by atoms with van der Waals surface area (Å²) in [6.07, 6.45) is 1.72. The van der Waals surface area contributed by atoms with Gasteiger partial charge in [-0.15, -0.1) is 0 Å². The summed E-state index contributed by atoms with van der Waals surface area (Å²) in [6, 6.07) is 17.6. The Morgan fingerprint density at radius 3 is 2.49 bits per heavy atom. The number of rotatable bonds is 8. The van der Waals surface area contributed by atoms with Gasteiger partial charge in [0.15, 0.2) is 0 Å². The molecule has 9 nitrogen and oxygen atoms in total. The lowest BCUT2D eigenvalue weighted by atomic mass is 9.87. The van der Waals surface area contributed by atoms with Gasteiger partial charge < -0.3 is 29.1 Å². The molecular weight excluding hydrogens is 596 g/mol. The van der Waals surface area contributed by atoms with Crippen LogP contribution in [0.25, 0.3) is 0 Å². The van der Waals surface area contributed by atoms with Crippen molar-refractivity contribution in [2.24, 2.45) is 0 Å². The molecule has 0 bridgehead atoms. The molecule has 238 valence electrons. The quantitative estimate of drug-likeness (QED) is 0.270. The van der Waals surface area contributed by atoms with E-state index in [-0.39, 0.29) is 24.1 Å². The number of hydrogen-bond donors (Lipinski definition) is 1. The highest BCUT2D eigenvalue weighted by molar-refractivity contribution is 6.30. The SMILES string of the molecule is COC(=O)c1cc(Oc2ccc3c(c2)C[C@@H](N(C[C@@H](O)c2cccc(Cl)c2)C(=O)OC(C)(C)C)CC3)ccc1N1CCCC1=O. The molecule has 0 radical (unpaired) electrons. The fraction of sp³-hybridized carbons (Fsp3) is 0.400. The van der Waals surface area contributed by atoms with Crippen molar-refractivity contribution in [1.29, 1.82) is 0 Å². The molecule has 3 aromatic carbocycles. The van der Waals surface area contributed by atoms with E-state index in [0.717, 1.165) is 24.0 Å². The van der Waals surface area contributed by atoms with E-state index in [9.17, 15) is 19.5 Å². The first-order chi connectivity index (χ1) is 21.4. The summed E-state index contributed by atoms with van der Waals surface area (Å²) in [7, 11) is 1.31. The maximum atomic E-state index is 13.4. The number of methoxy groups -OCH3 is 1. The van der Waals surface area contributed by atoms with E-state index in [1.54, 1.807) is 52.3 Å². The van der Waals surface area contributed by atoms with Crippen LogP contribution >= 0.6 is 11.6 Å². The molecule has 2 amide bonds. The second-order valence-electron chi connectivity index (χ2n) is 12.5. The molecular formula is C35H39ClN2O7. The Bertz CT molecular complexity index is 1580. The van der Waals surface area contributed by atoms with E-state index in [1.807, 2.05) is 39.0 Å². The number of hydrogen-bond acceptors (Lipinski definition) is 7. The Morgan fingerprint density at radius 2 is 1.80 bits per heavy atom. The van der Waals surface area contributed by atoms with E-state index in [0.29, 0.717) is 53.6 Å². The Labute approximate surface area is 268 Å². The summed E-state index contributed by atoms with van der Waals surface area (Å²) in [5.41, 5.74) is 2.85. The number of amides is 2. The Kier molecular flexibility index (Phi) is 9.70. The van der Waals surface area contributed by atoms with Crippen LogP contribution in [0.2, 0.25) is 5.02 Å². The van der Waals surface area contributed by atoms with E-state index < -0.39 is 23.8 Å². The molecule has 0 spiro atoms. The number of carbonyl (C=O) groups is 3. The molecule has 1 aliphatic carbocycles. The van der Waals surface area contributed by atoms with E-state index in [1.165, 1.54) is 7.11 Å². The molecule has 2 aliphatic rings. The Hall–Kier alpha value is -4.08. The molecule has 5 rings (SSSR count). The molecule has 0 aromatic heterocycles. The molecule has 1 saturated heterocycles. The second kappa shape index (κ2) is 13.5.